The Bertz CT molecular complexity index is 2190. The molecule has 1 unspecified atom stereocenters. The third kappa shape index (κ3) is 7.48. The van der Waals surface area contributed by atoms with Gasteiger partial charge in [-0.1, -0.05) is 53.7 Å². The molecule has 0 saturated carbocycles. The molecule has 1 fully saturated rings. The number of benzene rings is 4. The Kier molecular flexibility index (Phi) is 10.5. The number of methoxy groups -OCH3 is 2. The number of pyridine rings is 1. The number of carbonyl (C=O) groups excluding carboxylic acids is 4. The van der Waals surface area contributed by atoms with Crippen LogP contribution in [0.1, 0.15) is 32.7 Å². The summed E-state index contributed by atoms with van der Waals surface area (Å²) in [7, 11) is 3.07. The van der Waals surface area contributed by atoms with Crippen LogP contribution in [0.4, 0.5) is 5.69 Å². The maximum atomic E-state index is 13.8. The molecule has 0 bridgehead atoms. The fourth-order valence-electron chi connectivity index (χ4n) is 5.49. The molecule has 0 spiro atoms. The van der Waals surface area contributed by atoms with Crippen LogP contribution in [-0.2, 0) is 14.3 Å². The first-order valence-electron chi connectivity index (χ1n) is 15.5. The van der Waals surface area contributed by atoms with Crippen molar-refractivity contribution >= 4 is 52.6 Å². The van der Waals surface area contributed by atoms with Crippen molar-refractivity contribution in [2.24, 2.45) is 0 Å². The van der Waals surface area contributed by atoms with E-state index < -0.39 is 35.4 Å². The van der Waals surface area contributed by atoms with E-state index in [2.05, 4.69) is 6.07 Å². The molecule has 2 amide bonds. The Morgan fingerprint density at radius 2 is 1.61 bits per heavy atom. The van der Waals surface area contributed by atoms with Gasteiger partial charge in [-0.05, 0) is 72.8 Å². The van der Waals surface area contributed by atoms with Crippen LogP contribution in [0.5, 0.6) is 11.5 Å². The Morgan fingerprint density at radius 3 is 2.27 bits per heavy atom. The van der Waals surface area contributed by atoms with Crippen LogP contribution in [0, 0.1) is 11.3 Å². The Labute approximate surface area is 302 Å². The topological polar surface area (TPSA) is 136 Å². The Morgan fingerprint density at radius 1 is 0.902 bits per heavy atom. The lowest BCUT2D eigenvalue weighted by Crippen LogP contribution is -2.31. The number of esters is 1. The molecule has 254 valence electrons. The van der Waals surface area contributed by atoms with E-state index in [4.69, 9.17) is 30.8 Å². The number of Topliss-reactive ketones (excluding diaryl/α,β-unsaturated/α-hetero) is 1. The third-order valence-electron chi connectivity index (χ3n) is 8.09. The largest absolute Gasteiger partial charge is 0.497 e. The average molecular weight is 718 g/mol. The Hall–Kier alpha value is -5.96. The summed E-state index contributed by atoms with van der Waals surface area (Å²) in [5.41, 5.74) is 3.42. The van der Waals surface area contributed by atoms with E-state index in [0.717, 1.165) is 22.2 Å². The lowest BCUT2D eigenvalue weighted by atomic mass is 9.98. The van der Waals surface area contributed by atoms with Crippen molar-refractivity contribution in [1.29, 1.82) is 5.26 Å². The van der Waals surface area contributed by atoms with Crippen molar-refractivity contribution in [3.63, 3.8) is 0 Å². The molecule has 0 aliphatic carbocycles. The second-order valence-corrected chi connectivity index (χ2v) is 12.8. The maximum absolute atomic E-state index is 13.8. The predicted molar refractivity (Wildman–Crippen MR) is 192 cm³/mol. The highest BCUT2D eigenvalue weighted by Gasteiger charge is 2.41. The molecular formula is C39H28ClN3O7S. The number of imide groups is 1. The summed E-state index contributed by atoms with van der Waals surface area (Å²) in [6.45, 7) is -0.472. The molecule has 51 heavy (non-hydrogen) atoms. The number of amides is 2. The van der Waals surface area contributed by atoms with Gasteiger partial charge in [0.25, 0.3) is 0 Å². The predicted octanol–water partition coefficient (Wildman–Crippen LogP) is 7.42. The number of hydrogen-bond donors (Lipinski definition) is 0. The van der Waals surface area contributed by atoms with E-state index >= 15 is 0 Å². The van der Waals surface area contributed by atoms with Crippen molar-refractivity contribution in [2.45, 2.75) is 16.7 Å². The number of halogens is 1. The van der Waals surface area contributed by atoms with Gasteiger partial charge in [0.15, 0.2) is 12.4 Å². The first kappa shape index (κ1) is 34.9. The number of ketones is 1. The highest BCUT2D eigenvalue weighted by atomic mass is 35.5. The monoisotopic (exact) mass is 717 g/mol. The molecule has 1 atom stereocenters. The maximum Gasteiger partial charge on any atom is 0.338 e. The average Bonchev–Trinajstić information content (AvgIpc) is 3.44. The van der Waals surface area contributed by atoms with E-state index in [9.17, 15) is 24.4 Å². The van der Waals surface area contributed by atoms with Gasteiger partial charge in [-0.15, -0.1) is 0 Å². The quantitative estimate of drug-likeness (QED) is 0.0771. The van der Waals surface area contributed by atoms with Crippen LogP contribution in [0.15, 0.2) is 108 Å². The molecule has 6 rings (SSSR count). The molecule has 2 heterocycles. The number of rotatable bonds is 11. The number of hydrogen-bond acceptors (Lipinski definition) is 10. The molecule has 1 aliphatic heterocycles. The van der Waals surface area contributed by atoms with E-state index in [1.54, 1.807) is 43.5 Å². The number of anilines is 1. The van der Waals surface area contributed by atoms with E-state index in [1.165, 1.54) is 43.5 Å². The number of nitriles is 1. The molecule has 10 nitrogen and oxygen atoms in total. The minimum atomic E-state index is -0.883. The highest BCUT2D eigenvalue weighted by Crippen LogP contribution is 2.42. The first-order chi connectivity index (χ1) is 24.7. The molecule has 0 N–H and O–H groups in total. The lowest BCUT2D eigenvalue weighted by molar-refractivity contribution is -0.121. The third-order valence-corrected chi connectivity index (χ3v) is 9.51. The van der Waals surface area contributed by atoms with Gasteiger partial charge in [0.2, 0.25) is 11.8 Å². The SMILES string of the molecule is COc1ccc(OC)c(-c2cc(-c3ccccc3)nc(SC3CC(=O)N(c4ccc(C(=O)OCC(=O)c5ccc(Cl)cc5)cc4)C3=O)c2C#N)c1. The number of aromatic nitrogens is 1. The first-order valence-corrected chi connectivity index (χ1v) is 16.8. The zero-order valence-corrected chi connectivity index (χ0v) is 28.9. The van der Waals surface area contributed by atoms with Crippen LogP contribution in [-0.4, -0.2) is 54.6 Å². The smallest absolute Gasteiger partial charge is 0.338 e. The second kappa shape index (κ2) is 15.3. The van der Waals surface area contributed by atoms with E-state index in [-0.39, 0.29) is 28.3 Å². The van der Waals surface area contributed by atoms with Crippen molar-refractivity contribution in [2.75, 3.05) is 25.7 Å². The zero-order chi connectivity index (χ0) is 36.1. The van der Waals surface area contributed by atoms with E-state index in [1.807, 2.05) is 30.3 Å². The summed E-state index contributed by atoms with van der Waals surface area (Å²) in [6, 6.07) is 30.7. The fraction of sp³-hybridized carbons (Fsp3) is 0.128. The molecule has 12 heteroatoms. The summed E-state index contributed by atoms with van der Waals surface area (Å²) in [4.78, 5) is 57.9. The zero-order valence-electron chi connectivity index (χ0n) is 27.3. The molecule has 1 saturated heterocycles. The lowest BCUT2D eigenvalue weighted by Gasteiger charge is -2.17. The van der Waals surface area contributed by atoms with Gasteiger partial charge in [0.1, 0.15) is 22.6 Å². The van der Waals surface area contributed by atoms with Gasteiger partial charge in [-0.25, -0.2) is 14.7 Å². The normalized spacial score (nSPS) is 13.8. The molecular weight excluding hydrogens is 690 g/mol. The Balaban J connectivity index is 1.25. The number of nitrogens with zero attached hydrogens (tertiary/aromatic N) is 3. The second-order valence-electron chi connectivity index (χ2n) is 11.2. The van der Waals surface area contributed by atoms with Gasteiger partial charge in [-0.3, -0.25) is 14.4 Å². The summed E-state index contributed by atoms with van der Waals surface area (Å²) in [5, 5.41) is 10.3. The van der Waals surface area contributed by atoms with Crippen molar-refractivity contribution in [3.8, 4) is 40.0 Å². The number of thioether (sulfide) groups is 1. The number of carbonyl (C=O) groups is 4. The van der Waals surface area contributed by atoms with Crippen LogP contribution in [0.25, 0.3) is 22.4 Å². The van der Waals surface area contributed by atoms with Gasteiger partial charge in [0.05, 0.1) is 42.0 Å². The minimum Gasteiger partial charge on any atom is -0.497 e. The van der Waals surface area contributed by atoms with Gasteiger partial charge < -0.3 is 14.2 Å². The summed E-state index contributed by atoms with van der Waals surface area (Å²) >= 11 is 6.90. The molecule has 0 radical (unpaired) electrons. The van der Waals surface area contributed by atoms with Gasteiger partial charge in [-0.2, -0.15) is 5.26 Å². The van der Waals surface area contributed by atoms with Crippen LogP contribution in [0.3, 0.4) is 0 Å². The van der Waals surface area contributed by atoms with Crippen molar-refractivity contribution < 1.29 is 33.4 Å². The van der Waals surface area contributed by atoms with Crippen LogP contribution < -0.4 is 14.4 Å². The minimum absolute atomic E-state index is 0.133. The summed E-state index contributed by atoms with van der Waals surface area (Å²) in [6.07, 6.45) is -0.139. The van der Waals surface area contributed by atoms with Crippen LogP contribution >= 0.6 is 23.4 Å². The molecule has 4 aromatic carbocycles. The number of ether oxygens (including phenoxy) is 3. The van der Waals surface area contributed by atoms with Crippen LogP contribution in [0.2, 0.25) is 5.02 Å². The highest BCUT2D eigenvalue weighted by molar-refractivity contribution is 8.00. The standard InChI is InChI=1S/C39H28ClN3O7S/c1-48-28-16-17-34(49-2)30(18-28)29-19-32(23-6-4-3-5-7-23)42-37(31(29)21-41)51-35-20-36(45)43(38(35)46)27-14-10-25(11-15-27)39(47)50-22-33(44)24-8-12-26(40)13-9-24/h3-19,35H,20,22H2,1-2H3. The van der Waals surface area contributed by atoms with Gasteiger partial charge in [0, 0.05) is 33.7 Å². The summed E-state index contributed by atoms with van der Waals surface area (Å²) in [5.74, 6) is -1.02. The van der Waals surface area contributed by atoms with E-state index in [0.29, 0.717) is 38.9 Å². The fourth-order valence-corrected chi connectivity index (χ4v) is 6.74. The van der Waals surface area contributed by atoms with Gasteiger partial charge >= 0.3 is 5.97 Å². The molecule has 5 aromatic rings. The van der Waals surface area contributed by atoms with Crippen molar-refractivity contribution in [3.05, 3.63) is 125 Å². The van der Waals surface area contributed by atoms with Crippen molar-refractivity contribution in [1.82, 2.24) is 4.98 Å². The molecule has 1 aromatic heterocycles. The molecule has 1 aliphatic rings. The summed E-state index contributed by atoms with van der Waals surface area (Å²) < 4.78 is 16.3.